The molecule has 1 aromatic carbocycles. The summed E-state index contributed by atoms with van der Waals surface area (Å²) in [6.07, 6.45) is -3.43. The molecule has 0 radical (unpaired) electrons. The first-order valence-corrected chi connectivity index (χ1v) is 6.07. The maximum atomic E-state index is 12.9. The third-order valence-corrected chi connectivity index (χ3v) is 3.04. The molecule has 1 aromatic heterocycles. The van der Waals surface area contributed by atoms with Gasteiger partial charge in [-0.05, 0) is 18.2 Å². The van der Waals surface area contributed by atoms with Gasteiger partial charge < -0.3 is 14.8 Å². The molecule has 0 aliphatic carbocycles. The highest BCUT2D eigenvalue weighted by Crippen LogP contribution is 2.38. The number of alkyl halides is 3. The average Bonchev–Trinajstić information content (AvgIpc) is 2.84. The number of carboxylic acids is 1. The van der Waals surface area contributed by atoms with Crippen molar-refractivity contribution in [3.63, 3.8) is 0 Å². The number of hydrogen-bond acceptors (Lipinski definition) is 3. The van der Waals surface area contributed by atoms with Gasteiger partial charge in [-0.2, -0.15) is 13.2 Å². The lowest BCUT2D eigenvalue weighted by Gasteiger charge is -2.15. The number of aromatic carboxylic acids is 1. The van der Waals surface area contributed by atoms with Crippen molar-refractivity contribution < 1.29 is 27.5 Å². The Labute approximate surface area is 122 Å². The molecule has 8 heteroatoms. The Morgan fingerprint density at radius 3 is 2.67 bits per heavy atom. The standard InChI is InChI=1S/C13H9ClF3NO3/c14-9-3-1-2-8(13(15,16)17)11(9)18-6-10-7(12(19)20)4-5-21-10/h1-5,18H,6H2,(H,19,20). The van der Waals surface area contributed by atoms with Crippen LogP contribution in [0.1, 0.15) is 21.7 Å². The summed E-state index contributed by atoms with van der Waals surface area (Å²) in [6.45, 7) is -0.235. The van der Waals surface area contributed by atoms with Crippen molar-refractivity contribution >= 4 is 23.3 Å². The van der Waals surface area contributed by atoms with Crippen molar-refractivity contribution in [1.29, 1.82) is 0 Å². The molecule has 0 bridgehead atoms. The quantitative estimate of drug-likeness (QED) is 0.883. The third kappa shape index (κ3) is 3.30. The van der Waals surface area contributed by atoms with Crippen LogP contribution < -0.4 is 5.32 Å². The molecule has 0 amide bonds. The Bertz CT molecular complexity index is 667. The average molecular weight is 320 g/mol. The van der Waals surface area contributed by atoms with Crippen LogP contribution in [-0.2, 0) is 12.7 Å². The molecular formula is C13H9ClF3NO3. The van der Waals surface area contributed by atoms with Crippen LogP contribution in [0.4, 0.5) is 18.9 Å². The van der Waals surface area contributed by atoms with Crippen LogP contribution in [0.5, 0.6) is 0 Å². The number of nitrogens with one attached hydrogen (secondary N) is 1. The van der Waals surface area contributed by atoms with Crippen LogP contribution in [0.3, 0.4) is 0 Å². The van der Waals surface area contributed by atoms with Gasteiger partial charge in [0, 0.05) is 0 Å². The lowest BCUT2D eigenvalue weighted by molar-refractivity contribution is -0.137. The predicted octanol–water partition coefficient (Wildman–Crippen LogP) is 4.26. The Morgan fingerprint density at radius 2 is 2.05 bits per heavy atom. The third-order valence-electron chi connectivity index (χ3n) is 2.72. The molecule has 0 spiro atoms. The van der Waals surface area contributed by atoms with Crippen molar-refractivity contribution in [2.75, 3.05) is 5.32 Å². The summed E-state index contributed by atoms with van der Waals surface area (Å²) in [5.41, 5.74) is -1.37. The second-order valence-corrected chi connectivity index (χ2v) is 4.48. The SMILES string of the molecule is O=C(O)c1ccoc1CNc1c(Cl)cccc1C(F)(F)F. The molecule has 21 heavy (non-hydrogen) atoms. The van der Waals surface area contributed by atoms with E-state index in [0.717, 1.165) is 12.3 Å². The van der Waals surface area contributed by atoms with E-state index >= 15 is 0 Å². The summed E-state index contributed by atoms with van der Waals surface area (Å²) < 4.78 is 43.6. The van der Waals surface area contributed by atoms with Gasteiger partial charge in [0.25, 0.3) is 0 Å². The molecule has 112 valence electrons. The molecule has 2 N–H and O–H groups in total. The van der Waals surface area contributed by atoms with Crippen LogP contribution in [0, 0.1) is 0 Å². The fraction of sp³-hybridized carbons (Fsp3) is 0.154. The highest BCUT2D eigenvalue weighted by molar-refractivity contribution is 6.33. The van der Waals surface area contributed by atoms with Crippen LogP contribution in [0.25, 0.3) is 0 Å². The van der Waals surface area contributed by atoms with E-state index in [0.29, 0.717) is 0 Å². The van der Waals surface area contributed by atoms with Crippen molar-refractivity contribution in [1.82, 2.24) is 0 Å². The van der Waals surface area contributed by atoms with Gasteiger partial charge in [-0.15, -0.1) is 0 Å². The molecule has 0 aliphatic heterocycles. The smallest absolute Gasteiger partial charge is 0.418 e. The van der Waals surface area contributed by atoms with E-state index in [2.05, 4.69) is 5.32 Å². The van der Waals surface area contributed by atoms with E-state index < -0.39 is 17.7 Å². The summed E-state index contributed by atoms with van der Waals surface area (Å²) in [7, 11) is 0. The maximum Gasteiger partial charge on any atom is 0.418 e. The number of halogens is 4. The van der Waals surface area contributed by atoms with Gasteiger partial charge in [0.15, 0.2) is 0 Å². The van der Waals surface area contributed by atoms with Gasteiger partial charge in [0.1, 0.15) is 11.3 Å². The molecule has 0 aliphatic rings. The fourth-order valence-electron chi connectivity index (χ4n) is 1.78. The Hall–Kier alpha value is -2.15. The van der Waals surface area contributed by atoms with E-state index in [1.165, 1.54) is 18.2 Å². The van der Waals surface area contributed by atoms with Gasteiger partial charge in [0.2, 0.25) is 0 Å². The second kappa shape index (κ2) is 5.69. The summed E-state index contributed by atoms with van der Waals surface area (Å²) in [4.78, 5) is 10.9. The monoisotopic (exact) mass is 319 g/mol. The van der Waals surface area contributed by atoms with Crippen molar-refractivity contribution in [3.05, 3.63) is 52.4 Å². The lowest BCUT2D eigenvalue weighted by atomic mass is 10.1. The number of hydrogen-bond donors (Lipinski definition) is 2. The largest absolute Gasteiger partial charge is 0.478 e. The first kappa shape index (κ1) is 15.2. The number of carbonyl (C=O) groups is 1. The topological polar surface area (TPSA) is 62.5 Å². The molecule has 0 unspecified atom stereocenters. The van der Waals surface area contributed by atoms with Crippen LogP contribution >= 0.6 is 11.6 Å². The zero-order valence-electron chi connectivity index (χ0n) is 10.4. The van der Waals surface area contributed by atoms with Gasteiger partial charge in [-0.3, -0.25) is 0 Å². The molecule has 2 rings (SSSR count). The second-order valence-electron chi connectivity index (χ2n) is 4.08. The number of benzene rings is 1. The van der Waals surface area contributed by atoms with E-state index in [1.54, 1.807) is 0 Å². The van der Waals surface area contributed by atoms with Crippen LogP contribution in [0.15, 0.2) is 34.9 Å². The van der Waals surface area contributed by atoms with E-state index in [1.807, 2.05) is 0 Å². The Kier molecular flexibility index (Phi) is 4.13. The molecule has 2 aromatic rings. The minimum absolute atomic E-state index is 0.00976. The summed E-state index contributed by atoms with van der Waals surface area (Å²) >= 11 is 5.77. The van der Waals surface area contributed by atoms with Crippen LogP contribution in [-0.4, -0.2) is 11.1 Å². The van der Waals surface area contributed by atoms with Crippen molar-refractivity contribution in [3.8, 4) is 0 Å². The number of rotatable bonds is 4. The molecule has 0 fully saturated rings. The normalized spacial score (nSPS) is 11.4. The fourth-order valence-corrected chi connectivity index (χ4v) is 2.02. The molecule has 0 saturated heterocycles. The zero-order valence-corrected chi connectivity index (χ0v) is 11.1. The van der Waals surface area contributed by atoms with Crippen molar-refractivity contribution in [2.45, 2.75) is 12.7 Å². The molecule has 0 saturated carbocycles. The Balaban J connectivity index is 2.28. The van der Waals surface area contributed by atoms with Gasteiger partial charge in [0.05, 0.1) is 29.1 Å². The first-order chi connectivity index (χ1) is 9.80. The number of furan rings is 1. The van der Waals surface area contributed by atoms with E-state index in [9.17, 15) is 18.0 Å². The number of carboxylic acid groups (broad SMARTS) is 1. The molecule has 0 atom stereocenters. The number of para-hydroxylation sites is 1. The highest BCUT2D eigenvalue weighted by atomic mass is 35.5. The van der Waals surface area contributed by atoms with E-state index in [4.69, 9.17) is 21.1 Å². The molecule has 1 heterocycles. The number of anilines is 1. The van der Waals surface area contributed by atoms with Crippen LogP contribution in [0.2, 0.25) is 5.02 Å². The maximum absolute atomic E-state index is 12.9. The first-order valence-electron chi connectivity index (χ1n) is 5.70. The van der Waals surface area contributed by atoms with Gasteiger partial charge in [-0.1, -0.05) is 17.7 Å². The van der Waals surface area contributed by atoms with Gasteiger partial charge >= 0.3 is 12.1 Å². The molecule has 4 nitrogen and oxygen atoms in total. The minimum atomic E-state index is -4.58. The summed E-state index contributed by atoms with van der Waals surface area (Å²) in [5, 5.41) is 11.3. The lowest BCUT2D eigenvalue weighted by Crippen LogP contribution is -2.12. The predicted molar refractivity (Wildman–Crippen MR) is 69.4 cm³/mol. The van der Waals surface area contributed by atoms with Crippen molar-refractivity contribution in [2.24, 2.45) is 0 Å². The summed E-state index contributed by atoms with van der Waals surface area (Å²) in [5.74, 6) is -1.22. The Morgan fingerprint density at radius 1 is 1.33 bits per heavy atom. The zero-order chi connectivity index (χ0) is 15.6. The summed E-state index contributed by atoms with van der Waals surface area (Å²) in [6, 6.07) is 4.59. The van der Waals surface area contributed by atoms with Gasteiger partial charge in [-0.25, -0.2) is 4.79 Å². The highest BCUT2D eigenvalue weighted by Gasteiger charge is 2.34. The minimum Gasteiger partial charge on any atom is -0.478 e. The molecular weight excluding hydrogens is 311 g/mol. The van der Waals surface area contributed by atoms with E-state index in [-0.39, 0.29) is 28.6 Å².